The third kappa shape index (κ3) is 3.62. The zero-order valence-electron chi connectivity index (χ0n) is 14.4. The number of carbonyl (C=O) groups is 1. The monoisotopic (exact) mass is 362 g/mol. The van der Waals surface area contributed by atoms with Gasteiger partial charge in [-0.15, -0.1) is 0 Å². The summed E-state index contributed by atoms with van der Waals surface area (Å²) in [4.78, 5) is 13.7. The van der Waals surface area contributed by atoms with E-state index in [2.05, 4.69) is 4.72 Å². The number of sulfonamides is 1. The summed E-state index contributed by atoms with van der Waals surface area (Å²) in [5.74, 6) is 0.613. The third-order valence-electron chi connectivity index (χ3n) is 4.41. The SMILES string of the molecule is CCOc1ccc(S(=O)(=O)N[C@H]2CCN(C)C(=O)C2)c2ccccc12. The van der Waals surface area contributed by atoms with Crippen LogP contribution in [-0.2, 0) is 14.8 Å². The maximum Gasteiger partial charge on any atom is 0.241 e. The Bertz CT molecular complexity index is 895. The van der Waals surface area contributed by atoms with Crippen molar-refractivity contribution < 1.29 is 17.9 Å². The van der Waals surface area contributed by atoms with E-state index in [9.17, 15) is 13.2 Å². The molecule has 134 valence electrons. The predicted molar refractivity (Wildman–Crippen MR) is 96.1 cm³/mol. The van der Waals surface area contributed by atoms with E-state index in [1.165, 1.54) is 0 Å². The lowest BCUT2D eigenvalue weighted by atomic mass is 10.1. The van der Waals surface area contributed by atoms with Gasteiger partial charge in [0, 0.05) is 36.8 Å². The third-order valence-corrected chi connectivity index (χ3v) is 5.99. The van der Waals surface area contributed by atoms with Crippen LogP contribution in [0.4, 0.5) is 0 Å². The molecule has 25 heavy (non-hydrogen) atoms. The number of rotatable bonds is 5. The van der Waals surface area contributed by atoms with E-state index in [4.69, 9.17) is 4.74 Å². The predicted octanol–water partition coefficient (Wildman–Crippen LogP) is 2.14. The number of nitrogens with one attached hydrogen (secondary N) is 1. The van der Waals surface area contributed by atoms with Gasteiger partial charge >= 0.3 is 0 Å². The second kappa shape index (κ2) is 7.01. The van der Waals surface area contributed by atoms with Crippen LogP contribution in [0.2, 0.25) is 0 Å². The normalized spacial score (nSPS) is 18.6. The Morgan fingerprint density at radius 3 is 2.60 bits per heavy atom. The number of benzene rings is 2. The average Bonchev–Trinajstić information content (AvgIpc) is 2.58. The average molecular weight is 362 g/mol. The van der Waals surface area contributed by atoms with Crippen LogP contribution in [-0.4, -0.2) is 45.5 Å². The molecule has 7 heteroatoms. The van der Waals surface area contributed by atoms with E-state index in [1.807, 2.05) is 19.1 Å². The molecule has 1 amide bonds. The molecule has 0 unspecified atom stereocenters. The van der Waals surface area contributed by atoms with Crippen molar-refractivity contribution in [1.29, 1.82) is 0 Å². The lowest BCUT2D eigenvalue weighted by Crippen LogP contribution is -2.46. The van der Waals surface area contributed by atoms with Gasteiger partial charge in [0.25, 0.3) is 0 Å². The molecule has 2 aromatic carbocycles. The van der Waals surface area contributed by atoms with Gasteiger partial charge in [0.15, 0.2) is 0 Å². The van der Waals surface area contributed by atoms with Gasteiger partial charge in [0.05, 0.1) is 11.5 Å². The lowest BCUT2D eigenvalue weighted by Gasteiger charge is -2.29. The fourth-order valence-corrected chi connectivity index (χ4v) is 4.57. The number of hydrogen-bond acceptors (Lipinski definition) is 4. The van der Waals surface area contributed by atoms with Crippen LogP contribution in [0.15, 0.2) is 41.3 Å². The summed E-state index contributed by atoms with van der Waals surface area (Å²) < 4.78 is 34.1. The summed E-state index contributed by atoms with van der Waals surface area (Å²) in [7, 11) is -2.01. The standard InChI is InChI=1S/C18H22N2O4S/c1-3-24-16-8-9-17(15-7-5-4-6-14(15)16)25(22,23)19-13-10-11-20(2)18(21)12-13/h4-9,13,19H,3,10-12H2,1-2H3/t13-/m0/s1. The Kier molecular flexibility index (Phi) is 4.96. The van der Waals surface area contributed by atoms with Crippen molar-refractivity contribution in [3.05, 3.63) is 36.4 Å². The molecule has 0 radical (unpaired) electrons. The highest BCUT2D eigenvalue weighted by molar-refractivity contribution is 7.89. The molecular weight excluding hydrogens is 340 g/mol. The van der Waals surface area contributed by atoms with Crippen molar-refractivity contribution in [2.75, 3.05) is 20.2 Å². The van der Waals surface area contributed by atoms with Gasteiger partial charge in [-0.3, -0.25) is 4.79 Å². The minimum Gasteiger partial charge on any atom is -0.493 e. The fourth-order valence-electron chi connectivity index (χ4n) is 3.09. The van der Waals surface area contributed by atoms with Crippen LogP contribution >= 0.6 is 0 Å². The highest BCUT2D eigenvalue weighted by atomic mass is 32.2. The summed E-state index contributed by atoms with van der Waals surface area (Å²) in [6, 6.07) is 10.1. The van der Waals surface area contributed by atoms with E-state index in [-0.39, 0.29) is 23.3 Å². The number of ether oxygens (including phenoxy) is 1. The number of amides is 1. The second-order valence-corrected chi connectivity index (χ2v) is 7.85. The Balaban J connectivity index is 1.95. The van der Waals surface area contributed by atoms with E-state index in [0.717, 1.165) is 5.39 Å². The molecule has 2 aromatic rings. The molecular formula is C18H22N2O4S. The van der Waals surface area contributed by atoms with Gasteiger partial charge in [-0.1, -0.05) is 24.3 Å². The van der Waals surface area contributed by atoms with Crippen molar-refractivity contribution in [1.82, 2.24) is 9.62 Å². The minimum absolute atomic E-state index is 0.0458. The number of likely N-dealkylation sites (tertiary alicyclic amines) is 1. The first-order valence-electron chi connectivity index (χ1n) is 8.33. The van der Waals surface area contributed by atoms with Crippen LogP contribution in [0.5, 0.6) is 5.75 Å². The summed E-state index contributed by atoms with van der Waals surface area (Å²) in [5, 5.41) is 1.37. The quantitative estimate of drug-likeness (QED) is 0.884. The first-order chi connectivity index (χ1) is 11.9. The van der Waals surface area contributed by atoms with Crippen molar-refractivity contribution in [3.8, 4) is 5.75 Å². The van der Waals surface area contributed by atoms with Gasteiger partial charge in [-0.2, -0.15) is 0 Å². The van der Waals surface area contributed by atoms with Crippen LogP contribution in [0.25, 0.3) is 10.8 Å². The fraction of sp³-hybridized carbons (Fsp3) is 0.389. The molecule has 1 aliphatic heterocycles. The molecule has 1 saturated heterocycles. The molecule has 1 atom stereocenters. The largest absolute Gasteiger partial charge is 0.493 e. The molecule has 1 fully saturated rings. The first-order valence-corrected chi connectivity index (χ1v) is 9.81. The van der Waals surface area contributed by atoms with E-state index in [1.54, 1.807) is 36.2 Å². The molecule has 6 nitrogen and oxygen atoms in total. The van der Waals surface area contributed by atoms with Crippen LogP contribution in [0, 0.1) is 0 Å². The summed E-state index contributed by atoms with van der Waals surface area (Å²) >= 11 is 0. The van der Waals surface area contributed by atoms with Crippen LogP contribution in [0.3, 0.4) is 0 Å². The Labute approximate surface area is 147 Å². The van der Waals surface area contributed by atoms with Crippen molar-refractivity contribution in [2.24, 2.45) is 0 Å². The maximum atomic E-state index is 12.9. The molecule has 1 heterocycles. The summed E-state index contributed by atoms with van der Waals surface area (Å²) in [6.45, 7) is 2.94. The molecule has 1 N–H and O–H groups in total. The molecule has 0 aliphatic carbocycles. The molecule has 0 aromatic heterocycles. The molecule has 0 spiro atoms. The van der Waals surface area contributed by atoms with Crippen molar-refractivity contribution in [2.45, 2.75) is 30.7 Å². The van der Waals surface area contributed by atoms with Crippen LogP contribution < -0.4 is 9.46 Å². The zero-order valence-corrected chi connectivity index (χ0v) is 15.2. The van der Waals surface area contributed by atoms with E-state index in [0.29, 0.717) is 30.7 Å². The number of nitrogens with zero attached hydrogens (tertiary/aromatic N) is 1. The Morgan fingerprint density at radius 1 is 1.20 bits per heavy atom. The van der Waals surface area contributed by atoms with E-state index < -0.39 is 10.0 Å². The minimum atomic E-state index is -3.74. The van der Waals surface area contributed by atoms with Gasteiger partial charge in [-0.05, 0) is 25.5 Å². The van der Waals surface area contributed by atoms with Gasteiger partial charge in [0.1, 0.15) is 5.75 Å². The van der Waals surface area contributed by atoms with Gasteiger partial charge in [0.2, 0.25) is 15.9 Å². The number of carbonyl (C=O) groups excluding carboxylic acids is 1. The number of fused-ring (bicyclic) bond motifs is 1. The molecule has 1 aliphatic rings. The van der Waals surface area contributed by atoms with Crippen molar-refractivity contribution in [3.63, 3.8) is 0 Å². The van der Waals surface area contributed by atoms with Gasteiger partial charge in [-0.25, -0.2) is 13.1 Å². The number of piperidine rings is 1. The Hall–Kier alpha value is -2.12. The first kappa shape index (κ1) is 17.7. The smallest absolute Gasteiger partial charge is 0.241 e. The summed E-state index contributed by atoms with van der Waals surface area (Å²) in [5.41, 5.74) is 0. The highest BCUT2D eigenvalue weighted by Crippen LogP contribution is 2.31. The summed E-state index contributed by atoms with van der Waals surface area (Å²) in [6.07, 6.45) is 0.793. The zero-order chi connectivity index (χ0) is 18.0. The topological polar surface area (TPSA) is 75.7 Å². The molecule has 3 rings (SSSR count). The van der Waals surface area contributed by atoms with Gasteiger partial charge < -0.3 is 9.64 Å². The highest BCUT2D eigenvalue weighted by Gasteiger charge is 2.28. The second-order valence-electron chi connectivity index (χ2n) is 6.17. The molecule has 0 saturated carbocycles. The van der Waals surface area contributed by atoms with Crippen molar-refractivity contribution >= 4 is 26.7 Å². The molecule has 0 bridgehead atoms. The lowest BCUT2D eigenvalue weighted by molar-refractivity contribution is -0.132. The van der Waals surface area contributed by atoms with Crippen LogP contribution in [0.1, 0.15) is 19.8 Å². The van der Waals surface area contributed by atoms with E-state index >= 15 is 0 Å². The number of hydrogen-bond donors (Lipinski definition) is 1. The maximum absolute atomic E-state index is 12.9. The Morgan fingerprint density at radius 2 is 1.92 bits per heavy atom.